The van der Waals surface area contributed by atoms with Crippen molar-refractivity contribution in [2.45, 2.75) is 25.2 Å². The molecule has 148 valence electrons. The van der Waals surface area contributed by atoms with Gasteiger partial charge in [-0.3, -0.25) is 0 Å². The normalized spacial score (nSPS) is 15.2. The number of ether oxygens (including phenoxy) is 1. The van der Waals surface area contributed by atoms with Crippen molar-refractivity contribution in [3.63, 3.8) is 0 Å². The lowest BCUT2D eigenvalue weighted by atomic mass is 9.92. The second-order valence-electron chi connectivity index (χ2n) is 7.36. The Bertz CT molecular complexity index is 992. The van der Waals surface area contributed by atoms with E-state index in [1.165, 1.54) is 12.1 Å². The summed E-state index contributed by atoms with van der Waals surface area (Å²) in [7, 11) is 0. The van der Waals surface area contributed by atoms with Gasteiger partial charge in [0.2, 0.25) is 0 Å². The van der Waals surface area contributed by atoms with E-state index < -0.39 is 0 Å². The molecule has 0 saturated heterocycles. The predicted molar refractivity (Wildman–Crippen MR) is 113 cm³/mol. The lowest BCUT2D eigenvalue weighted by molar-refractivity contribution is 0.480. The molecule has 1 fully saturated rings. The molecule has 0 radical (unpaired) electrons. The van der Waals surface area contributed by atoms with Crippen molar-refractivity contribution < 1.29 is 13.5 Å². The first-order chi connectivity index (χ1) is 14.1. The second-order valence-corrected chi connectivity index (χ2v) is 7.80. The SMILES string of the molecule is FC(=CCc1cccc(Oc2ccc(F)cc2)c1)[C@@H](c1ccc(Cl)cc1)C1CC1. The second kappa shape index (κ2) is 8.79. The van der Waals surface area contributed by atoms with E-state index in [0.717, 1.165) is 24.0 Å². The van der Waals surface area contributed by atoms with Gasteiger partial charge in [-0.2, -0.15) is 0 Å². The molecule has 1 atom stereocenters. The summed E-state index contributed by atoms with van der Waals surface area (Å²) in [4.78, 5) is 0. The molecule has 0 aliphatic heterocycles. The molecule has 0 heterocycles. The minimum absolute atomic E-state index is 0.0975. The Hall–Kier alpha value is -2.65. The minimum atomic E-state index is -0.308. The van der Waals surface area contributed by atoms with Crippen LogP contribution in [0.4, 0.5) is 8.78 Å². The van der Waals surface area contributed by atoms with Gasteiger partial charge in [-0.05, 0) is 90.9 Å². The predicted octanol–water partition coefficient (Wildman–Crippen LogP) is 7.86. The monoisotopic (exact) mass is 410 g/mol. The van der Waals surface area contributed by atoms with E-state index in [0.29, 0.717) is 28.9 Å². The molecule has 0 aromatic heterocycles. The van der Waals surface area contributed by atoms with E-state index in [2.05, 4.69) is 0 Å². The molecule has 0 bridgehead atoms. The highest BCUT2D eigenvalue weighted by Crippen LogP contribution is 2.47. The summed E-state index contributed by atoms with van der Waals surface area (Å²) in [5, 5.41) is 0.658. The zero-order valence-electron chi connectivity index (χ0n) is 15.8. The van der Waals surface area contributed by atoms with Crippen molar-refractivity contribution >= 4 is 11.6 Å². The first-order valence-electron chi connectivity index (χ1n) is 9.72. The number of rotatable bonds is 7. The summed E-state index contributed by atoms with van der Waals surface area (Å²) < 4.78 is 33.9. The van der Waals surface area contributed by atoms with E-state index in [-0.39, 0.29) is 17.6 Å². The third kappa shape index (κ3) is 5.24. The molecule has 4 heteroatoms. The van der Waals surface area contributed by atoms with Crippen LogP contribution < -0.4 is 4.74 Å². The van der Waals surface area contributed by atoms with Crippen molar-refractivity contribution in [3.05, 3.63) is 107 Å². The fourth-order valence-corrected chi connectivity index (χ4v) is 3.60. The van der Waals surface area contributed by atoms with Gasteiger partial charge >= 0.3 is 0 Å². The lowest BCUT2D eigenvalue weighted by Crippen LogP contribution is -2.02. The van der Waals surface area contributed by atoms with Gasteiger partial charge in [0, 0.05) is 10.9 Å². The zero-order valence-corrected chi connectivity index (χ0v) is 16.6. The Morgan fingerprint density at radius 3 is 2.41 bits per heavy atom. The first-order valence-corrected chi connectivity index (χ1v) is 10.1. The van der Waals surface area contributed by atoms with Crippen LogP contribution in [0.15, 0.2) is 84.7 Å². The number of benzene rings is 3. The molecule has 0 N–H and O–H groups in total. The molecule has 3 aromatic carbocycles. The summed E-state index contributed by atoms with van der Waals surface area (Å²) in [5.41, 5.74) is 1.92. The van der Waals surface area contributed by atoms with E-state index in [1.807, 2.05) is 48.5 Å². The fraction of sp³-hybridized carbons (Fsp3) is 0.200. The van der Waals surface area contributed by atoms with E-state index in [4.69, 9.17) is 16.3 Å². The third-order valence-electron chi connectivity index (χ3n) is 5.10. The van der Waals surface area contributed by atoms with Crippen molar-refractivity contribution in [1.82, 2.24) is 0 Å². The van der Waals surface area contributed by atoms with Gasteiger partial charge in [0.15, 0.2) is 0 Å². The molecule has 0 spiro atoms. The van der Waals surface area contributed by atoms with Gasteiger partial charge < -0.3 is 4.74 Å². The van der Waals surface area contributed by atoms with Gasteiger partial charge in [-0.25, -0.2) is 8.78 Å². The highest BCUT2D eigenvalue weighted by atomic mass is 35.5. The maximum Gasteiger partial charge on any atom is 0.127 e. The molecule has 1 aliphatic carbocycles. The van der Waals surface area contributed by atoms with Gasteiger partial charge in [0.25, 0.3) is 0 Å². The van der Waals surface area contributed by atoms with Crippen LogP contribution in [0.3, 0.4) is 0 Å². The van der Waals surface area contributed by atoms with E-state index in [9.17, 15) is 4.39 Å². The molecule has 1 saturated carbocycles. The summed E-state index contributed by atoms with van der Waals surface area (Å²) in [5.74, 6) is 0.949. The molecule has 3 aromatic rings. The Morgan fingerprint density at radius 1 is 1.00 bits per heavy atom. The average Bonchev–Trinajstić information content (AvgIpc) is 3.55. The van der Waals surface area contributed by atoms with Crippen LogP contribution in [-0.4, -0.2) is 0 Å². The van der Waals surface area contributed by atoms with Gasteiger partial charge in [0.1, 0.15) is 23.1 Å². The smallest absolute Gasteiger partial charge is 0.127 e. The van der Waals surface area contributed by atoms with Crippen molar-refractivity contribution in [2.75, 3.05) is 0 Å². The van der Waals surface area contributed by atoms with Crippen LogP contribution in [0, 0.1) is 11.7 Å². The molecule has 4 rings (SSSR count). The zero-order chi connectivity index (χ0) is 20.2. The Labute approximate surface area is 174 Å². The molecule has 0 amide bonds. The van der Waals surface area contributed by atoms with Crippen LogP contribution in [0.25, 0.3) is 0 Å². The van der Waals surface area contributed by atoms with Gasteiger partial charge in [-0.15, -0.1) is 0 Å². The highest BCUT2D eigenvalue weighted by Gasteiger charge is 2.35. The topological polar surface area (TPSA) is 9.23 Å². The standard InChI is InChI=1S/C25H21ClF2O/c26-20-9-7-19(8-10-20)25(18-5-6-18)24(28)15-4-17-2-1-3-23(16-17)29-22-13-11-21(27)12-14-22/h1-3,7-16,18,25H,4-6H2/t25-/m1/s1. The van der Waals surface area contributed by atoms with Crippen molar-refractivity contribution in [2.24, 2.45) is 5.92 Å². The van der Waals surface area contributed by atoms with Crippen LogP contribution in [0.1, 0.15) is 29.9 Å². The summed E-state index contributed by atoms with van der Waals surface area (Å²) in [6.45, 7) is 0. The Morgan fingerprint density at radius 2 is 1.72 bits per heavy atom. The molecular weight excluding hydrogens is 390 g/mol. The maximum absolute atomic E-state index is 15.1. The van der Waals surface area contributed by atoms with Crippen molar-refractivity contribution in [3.8, 4) is 11.5 Å². The summed E-state index contributed by atoms with van der Waals surface area (Å²) >= 11 is 5.97. The highest BCUT2D eigenvalue weighted by molar-refractivity contribution is 6.30. The largest absolute Gasteiger partial charge is 0.457 e. The summed E-state index contributed by atoms with van der Waals surface area (Å²) in [6, 6.07) is 20.8. The first kappa shape index (κ1) is 19.7. The fourth-order valence-electron chi connectivity index (χ4n) is 3.47. The van der Waals surface area contributed by atoms with E-state index in [1.54, 1.807) is 18.2 Å². The summed E-state index contributed by atoms with van der Waals surface area (Å²) in [6.07, 6.45) is 4.24. The number of allylic oxidation sites excluding steroid dienone is 2. The third-order valence-corrected chi connectivity index (χ3v) is 5.35. The van der Waals surface area contributed by atoms with Crippen LogP contribution >= 0.6 is 11.6 Å². The molecule has 1 nitrogen and oxygen atoms in total. The number of hydrogen-bond acceptors (Lipinski definition) is 1. The lowest BCUT2D eigenvalue weighted by Gasteiger charge is -2.15. The maximum atomic E-state index is 15.1. The average molecular weight is 411 g/mol. The molecule has 29 heavy (non-hydrogen) atoms. The molecular formula is C25H21ClF2O. The molecule has 1 aliphatic rings. The molecule has 0 unspecified atom stereocenters. The van der Waals surface area contributed by atoms with Crippen molar-refractivity contribution in [1.29, 1.82) is 0 Å². The van der Waals surface area contributed by atoms with Crippen LogP contribution in [0.5, 0.6) is 11.5 Å². The Kier molecular flexibility index (Phi) is 5.96. The Balaban J connectivity index is 1.47. The number of halogens is 3. The van der Waals surface area contributed by atoms with Gasteiger partial charge in [-0.1, -0.05) is 35.9 Å². The quantitative estimate of drug-likeness (QED) is 0.385. The van der Waals surface area contributed by atoms with Gasteiger partial charge in [0.05, 0.1) is 0 Å². The minimum Gasteiger partial charge on any atom is -0.457 e. The number of hydrogen-bond donors (Lipinski definition) is 0. The van der Waals surface area contributed by atoms with E-state index >= 15 is 4.39 Å². The van der Waals surface area contributed by atoms with Crippen LogP contribution in [0.2, 0.25) is 5.02 Å². The van der Waals surface area contributed by atoms with Crippen LogP contribution in [-0.2, 0) is 6.42 Å².